The topological polar surface area (TPSA) is 89.6 Å². The van der Waals surface area contributed by atoms with Crippen molar-refractivity contribution in [2.24, 2.45) is 0 Å². The van der Waals surface area contributed by atoms with Crippen LogP contribution in [0.4, 0.5) is 5.82 Å². The van der Waals surface area contributed by atoms with E-state index in [1.165, 1.54) is 26.5 Å². The molecule has 0 spiro atoms. The molecule has 0 saturated heterocycles. The van der Waals surface area contributed by atoms with Gasteiger partial charge in [-0.25, -0.2) is 18.1 Å². The third-order valence-corrected chi connectivity index (χ3v) is 4.34. The Bertz CT molecular complexity index is 553. The van der Waals surface area contributed by atoms with Crippen LogP contribution in [-0.4, -0.2) is 53.4 Å². The number of halogens is 1. The highest BCUT2D eigenvalue weighted by molar-refractivity contribution is 7.89. The van der Waals surface area contributed by atoms with Gasteiger partial charge in [-0.1, -0.05) is 11.6 Å². The van der Waals surface area contributed by atoms with E-state index >= 15 is 0 Å². The lowest BCUT2D eigenvalue weighted by atomic mass is 10.4. The summed E-state index contributed by atoms with van der Waals surface area (Å²) in [5.74, 6) is 0.451. The van der Waals surface area contributed by atoms with E-state index in [1.54, 1.807) is 0 Å². The van der Waals surface area contributed by atoms with E-state index in [9.17, 15) is 8.42 Å². The molecule has 1 aromatic rings. The van der Waals surface area contributed by atoms with E-state index in [-0.39, 0.29) is 29.2 Å². The molecule has 0 aromatic carbocycles. The third-order valence-electron chi connectivity index (χ3n) is 2.66. The van der Waals surface area contributed by atoms with Crippen LogP contribution in [0, 0.1) is 0 Å². The summed E-state index contributed by atoms with van der Waals surface area (Å²) in [6.07, 6.45) is 0.888. The number of ether oxygens (including phenoxy) is 2. The average molecular weight is 338 g/mol. The minimum Gasteiger partial charge on any atom is -0.382 e. The van der Waals surface area contributed by atoms with Gasteiger partial charge in [0.15, 0.2) is 0 Å². The average Bonchev–Trinajstić information content (AvgIpc) is 2.45. The number of anilines is 1. The molecule has 0 amide bonds. The zero-order chi connectivity index (χ0) is 15.9. The molecule has 0 fully saturated rings. The summed E-state index contributed by atoms with van der Waals surface area (Å²) in [7, 11) is -0.693. The van der Waals surface area contributed by atoms with Crippen LogP contribution in [0.2, 0.25) is 5.02 Å². The summed E-state index contributed by atoms with van der Waals surface area (Å²) >= 11 is 5.99. The molecule has 1 unspecified atom stereocenters. The summed E-state index contributed by atoms with van der Waals surface area (Å²) in [6.45, 7) is 2.92. The minimum absolute atomic E-state index is 0.00132. The summed E-state index contributed by atoms with van der Waals surface area (Å²) in [4.78, 5) is 4.00. The second-order valence-corrected chi connectivity index (χ2v) is 6.37. The maximum Gasteiger partial charge on any atom is 0.242 e. The predicted octanol–water partition coefficient (Wildman–Crippen LogP) is 1.11. The highest BCUT2D eigenvalue weighted by Gasteiger charge is 2.18. The molecule has 7 nitrogen and oxygen atoms in total. The van der Waals surface area contributed by atoms with Crippen LogP contribution in [0.1, 0.15) is 6.92 Å². The molecule has 0 radical (unpaired) electrons. The number of nitrogens with one attached hydrogen (secondary N) is 2. The molecule has 1 heterocycles. The Labute approximate surface area is 130 Å². The van der Waals surface area contributed by atoms with Crippen molar-refractivity contribution in [3.63, 3.8) is 0 Å². The van der Waals surface area contributed by atoms with Gasteiger partial charge in [-0.05, 0) is 13.0 Å². The van der Waals surface area contributed by atoms with Crippen LogP contribution in [0.25, 0.3) is 0 Å². The summed E-state index contributed by atoms with van der Waals surface area (Å²) in [5.41, 5.74) is 0. The summed E-state index contributed by atoms with van der Waals surface area (Å²) < 4.78 is 36.8. The van der Waals surface area contributed by atoms with E-state index in [0.29, 0.717) is 12.4 Å². The number of hydrogen-bond donors (Lipinski definition) is 2. The molecular formula is C12H20ClN3O4S. The van der Waals surface area contributed by atoms with Crippen molar-refractivity contribution in [3.05, 3.63) is 17.3 Å². The van der Waals surface area contributed by atoms with Crippen molar-refractivity contribution in [1.82, 2.24) is 9.71 Å². The molecule has 9 heteroatoms. The van der Waals surface area contributed by atoms with Crippen molar-refractivity contribution < 1.29 is 17.9 Å². The molecule has 0 aliphatic rings. The standard InChI is InChI=1S/C12H20ClN3O4S/c1-4-14-12-11(13)5-10(7-15-12)21(17,18)16-6-9(20-3)8-19-2/h5,7,9,16H,4,6,8H2,1-3H3,(H,14,15). The van der Waals surface area contributed by atoms with Crippen LogP contribution in [0.15, 0.2) is 17.2 Å². The minimum atomic E-state index is -3.70. The normalized spacial score (nSPS) is 13.1. The molecule has 2 N–H and O–H groups in total. The SMILES string of the molecule is CCNc1ncc(S(=O)(=O)NCC(COC)OC)cc1Cl. The lowest BCUT2D eigenvalue weighted by molar-refractivity contribution is 0.0320. The zero-order valence-corrected chi connectivity index (χ0v) is 13.8. The van der Waals surface area contributed by atoms with Gasteiger partial charge in [-0.15, -0.1) is 0 Å². The lowest BCUT2D eigenvalue weighted by Crippen LogP contribution is -2.35. The lowest BCUT2D eigenvalue weighted by Gasteiger charge is -2.15. The van der Waals surface area contributed by atoms with E-state index in [4.69, 9.17) is 21.1 Å². The van der Waals surface area contributed by atoms with Gasteiger partial charge in [-0.2, -0.15) is 0 Å². The van der Waals surface area contributed by atoms with Crippen LogP contribution < -0.4 is 10.0 Å². The summed E-state index contributed by atoms with van der Waals surface area (Å²) in [5, 5.41) is 3.19. The predicted molar refractivity (Wildman–Crippen MR) is 81.3 cm³/mol. The van der Waals surface area contributed by atoms with Gasteiger partial charge in [0, 0.05) is 33.5 Å². The second kappa shape index (κ2) is 8.50. The number of hydrogen-bond acceptors (Lipinski definition) is 6. The Morgan fingerprint density at radius 3 is 2.67 bits per heavy atom. The fraction of sp³-hybridized carbons (Fsp3) is 0.583. The number of pyridine rings is 1. The van der Waals surface area contributed by atoms with E-state index < -0.39 is 10.0 Å². The van der Waals surface area contributed by atoms with Gasteiger partial charge >= 0.3 is 0 Å². The number of methoxy groups -OCH3 is 2. The third kappa shape index (κ3) is 5.40. The van der Waals surface area contributed by atoms with Crippen LogP contribution >= 0.6 is 11.6 Å². The number of aromatic nitrogens is 1. The molecule has 1 atom stereocenters. The zero-order valence-electron chi connectivity index (χ0n) is 12.2. The van der Waals surface area contributed by atoms with Gasteiger partial charge < -0.3 is 14.8 Å². The van der Waals surface area contributed by atoms with Gasteiger partial charge in [0.2, 0.25) is 10.0 Å². The molecule has 0 aliphatic carbocycles. The molecule has 120 valence electrons. The Kier molecular flexibility index (Phi) is 7.33. The fourth-order valence-corrected chi connectivity index (χ4v) is 2.88. The van der Waals surface area contributed by atoms with Crippen molar-refractivity contribution in [3.8, 4) is 0 Å². The van der Waals surface area contributed by atoms with Crippen LogP contribution in [0.3, 0.4) is 0 Å². The van der Waals surface area contributed by atoms with E-state index in [1.807, 2.05) is 6.92 Å². The first-order valence-corrected chi connectivity index (χ1v) is 8.21. The number of sulfonamides is 1. The van der Waals surface area contributed by atoms with Crippen LogP contribution in [-0.2, 0) is 19.5 Å². The summed E-state index contributed by atoms with van der Waals surface area (Å²) in [6, 6.07) is 1.35. The molecular weight excluding hydrogens is 318 g/mol. The Morgan fingerprint density at radius 2 is 2.14 bits per heavy atom. The molecule has 1 rings (SSSR count). The number of rotatable bonds is 9. The highest BCUT2D eigenvalue weighted by Crippen LogP contribution is 2.22. The molecule has 21 heavy (non-hydrogen) atoms. The second-order valence-electron chi connectivity index (χ2n) is 4.20. The maximum atomic E-state index is 12.2. The molecule has 0 aliphatic heterocycles. The van der Waals surface area contributed by atoms with Gasteiger partial charge in [0.25, 0.3) is 0 Å². The van der Waals surface area contributed by atoms with Crippen molar-refractivity contribution >= 4 is 27.4 Å². The fourth-order valence-electron chi connectivity index (χ4n) is 1.55. The smallest absolute Gasteiger partial charge is 0.242 e. The first-order chi connectivity index (χ1) is 9.94. The monoisotopic (exact) mass is 337 g/mol. The van der Waals surface area contributed by atoms with Crippen LogP contribution in [0.5, 0.6) is 0 Å². The highest BCUT2D eigenvalue weighted by atomic mass is 35.5. The Hall–Kier alpha value is -0.930. The van der Waals surface area contributed by atoms with Crippen molar-refractivity contribution in [1.29, 1.82) is 0 Å². The quantitative estimate of drug-likeness (QED) is 0.701. The van der Waals surface area contributed by atoms with E-state index in [0.717, 1.165) is 0 Å². The Morgan fingerprint density at radius 1 is 1.43 bits per heavy atom. The number of nitrogens with zero attached hydrogens (tertiary/aromatic N) is 1. The Balaban J connectivity index is 2.80. The van der Waals surface area contributed by atoms with Gasteiger partial charge in [0.1, 0.15) is 10.7 Å². The van der Waals surface area contributed by atoms with Crippen molar-refractivity contribution in [2.45, 2.75) is 17.9 Å². The van der Waals surface area contributed by atoms with Gasteiger partial charge in [0.05, 0.1) is 17.7 Å². The van der Waals surface area contributed by atoms with E-state index in [2.05, 4.69) is 15.0 Å². The largest absolute Gasteiger partial charge is 0.382 e. The maximum absolute atomic E-state index is 12.2. The first kappa shape index (κ1) is 18.1. The van der Waals surface area contributed by atoms with Gasteiger partial charge in [-0.3, -0.25) is 0 Å². The molecule has 0 saturated carbocycles. The molecule has 1 aromatic heterocycles. The van der Waals surface area contributed by atoms with Crippen molar-refractivity contribution in [2.75, 3.05) is 39.2 Å². The molecule has 0 bridgehead atoms. The first-order valence-electron chi connectivity index (χ1n) is 6.35.